The number of pyridine rings is 2. The second-order valence-corrected chi connectivity index (χ2v) is 5.63. The van der Waals surface area contributed by atoms with Gasteiger partial charge in [-0.15, -0.1) is 0 Å². The fourth-order valence-corrected chi connectivity index (χ4v) is 2.65. The molecule has 0 aliphatic heterocycles. The number of aromatic nitrogens is 4. The fourth-order valence-electron chi connectivity index (χ4n) is 2.65. The van der Waals surface area contributed by atoms with Crippen LogP contribution in [0.1, 0.15) is 5.69 Å². The standard InChI is InChI=1S/C18H14FN5O2/c19-12-2-3-13-11(8-12)9-16(18(20)23-13)26-10-14-15(4-5-17(25)22-14)24-7-1-6-21-24/h1-9H,10H2,(H2,20,23)(H,22,25). The van der Waals surface area contributed by atoms with Crippen LogP contribution in [0.25, 0.3) is 16.6 Å². The zero-order chi connectivity index (χ0) is 18.1. The van der Waals surface area contributed by atoms with E-state index in [-0.39, 0.29) is 23.8 Å². The highest BCUT2D eigenvalue weighted by Gasteiger charge is 2.10. The first-order valence-electron chi connectivity index (χ1n) is 7.81. The quantitative estimate of drug-likeness (QED) is 0.588. The van der Waals surface area contributed by atoms with Crippen LogP contribution in [0.5, 0.6) is 5.75 Å². The van der Waals surface area contributed by atoms with Gasteiger partial charge in [0, 0.05) is 23.8 Å². The van der Waals surface area contributed by atoms with E-state index in [2.05, 4.69) is 15.1 Å². The van der Waals surface area contributed by atoms with Gasteiger partial charge >= 0.3 is 0 Å². The molecule has 130 valence electrons. The molecule has 3 heterocycles. The predicted molar refractivity (Wildman–Crippen MR) is 94.6 cm³/mol. The molecule has 3 aromatic heterocycles. The number of ether oxygens (including phenoxy) is 1. The molecule has 4 aromatic rings. The minimum Gasteiger partial charge on any atom is -0.483 e. The molecule has 0 unspecified atom stereocenters. The molecule has 0 atom stereocenters. The van der Waals surface area contributed by atoms with Gasteiger partial charge in [-0.05, 0) is 36.4 Å². The molecule has 0 fully saturated rings. The largest absolute Gasteiger partial charge is 0.483 e. The van der Waals surface area contributed by atoms with Crippen LogP contribution >= 0.6 is 0 Å². The van der Waals surface area contributed by atoms with E-state index in [9.17, 15) is 9.18 Å². The van der Waals surface area contributed by atoms with Crippen molar-refractivity contribution < 1.29 is 9.13 Å². The Morgan fingerprint density at radius 1 is 1.23 bits per heavy atom. The van der Waals surface area contributed by atoms with Crippen molar-refractivity contribution in [3.63, 3.8) is 0 Å². The molecule has 26 heavy (non-hydrogen) atoms. The Bertz CT molecular complexity index is 1140. The highest BCUT2D eigenvalue weighted by Crippen LogP contribution is 2.26. The van der Waals surface area contributed by atoms with Crippen LogP contribution < -0.4 is 16.0 Å². The van der Waals surface area contributed by atoms with E-state index in [4.69, 9.17) is 10.5 Å². The maximum absolute atomic E-state index is 13.4. The summed E-state index contributed by atoms with van der Waals surface area (Å²) in [5, 5.41) is 4.73. The van der Waals surface area contributed by atoms with Gasteiger partial charge in [0.1, 0.15) is 12.4 Å². The van der Waals surface area contributed by atoms with Crippen molar-refractivity contribution in [3.8, 4) is 11.4 Å². The number of nitrogens with one attached hydrogen (secondary N) is 1. The first-order chi connectivity index (χ1) is 12.6. The molecule has 0 aliphatic carbocycles. The van der Waals surface area contributed by atoms with Crippen LogP contribution in [0.3, 0.4) is 0 Å². The Balaban J connectivity index is 1.67. The highest BCUT2D eigenvalue weighted by atomic mass is 19.1. The van der Waals surface area contributed by atoms with Crippen molar-refractivity contribution in [2.75, 3.05) is 5.73 Å². The van der Waals surface area contributed by atoms with Gasteiger partial charge in [0.25, 0.3) is 0 Å². The molecular formula is C18H14FN5O2. The fraction of sp³-hybridized carbons (Fsp3) is 0.0556. The molecule has 0 radical (unpaired) electrons. The van der Waals surface area contributed by atoms with Gasteiger partial charge in [0.2, 0.25) is 5.56 Å². The summed E-state index contributed by atoms with van der Waals surface area (Å²) in [4.78, 5) is 18.6. The van der Waals surface area contributed by atoms with Crippen molar-refractivity contribution in [2.24, 2.45) is 0 Å². The number of nitrogens with two attached hydrogens (primary N) is 1. The maximum atomic E-state index is 13.4. The van der Waals surface area contributed by atoms with Gasteiger partial charge in [-0.3, -0.25) is 4.79 Å². The van der Waals surface area contributed by atoms with Crippen LogP contribution in [-0.4, -0.2) is 19.7 Å². The lowest BCUT2D eigenvalue weighted by molar-refractivity contribution is 0.301. The first kappa shape index (κ1) is 15.8. The molecule has 0 saturated heterocycles. The molecule has 0 amide bonds. The van der Waals surface area contributed by atoms with Gasteiger partial charge in [-0.1, -0.05) is 0 Å². The molecule has 0 saturated carbocycles. The third-order valence-corrected chi connectivity index (χ3v) is 3.87. The molecule has 1 aromatic carbocycles. The van der Waals surface area contributed by atoms with Gasteiger partial charge < -0.3 is 15.5 Å². The summed E-state index contributed by atoms with van der Waals surface area (Å²) in [6.45, 7) is 0.0397. The van der Waals surface area contributed by atoms with Crippen molar-refractivity contribution in [3.05, 3.63) is 76.7 Å². The molecule has 7 nitrogen and oxygen atoms in total. The summed E-state index contributed by atoms with van der Waals surface area (Å²) < 4.78 is 20.8. The van der Waals surface area contributed by atoms with Gasteiger partial charge in [0.15, 0.2) is 11.6 Å². The first-order valence-corrected chi connectivity index (χ1v) is 7.81. The number of rotatable bonds is 4. The van der Waals surface area contributed by atoms with Gasteiger partial charge in [0.05, 0.1) is 16.9 Å². The summed E-state index contributed by atoms with van der Waals surface area (Å²) >= 11 is 0. The number of benzene rings is 1. The van der Waals surface area contributed by atoms with E-state index >= 15 is 0 Å². The lowest BCUT2D eigenvalue weighted by Crippen LogP contribution is -2.14. The van der Waals surface area contributed by atoms with Crippen LogP contribution in [-0.2, 0) is 6.61 Å². The SMILES string of the molecule is Nc1nc2ccc(F)cc2cc1OCc1[nH]c(=O)ccc1-n1cccn1. The maximum Gasteiger partial charge on any atom is 0.248 e. The van der Waals surface area contributed by atoms with Crippen molar-refractivity contribution in [2.45, 2.75) is 6.61 Å². The third-order valence-electron chi connectivity index (χ3n) is 3.87. The molecule has 0 aliphatic rings. The van der Waals surface area contributed by atoms with E-state index in [0.29, 0.717) is 28.0 Å². The Hall–Kier alpha value is -3.68. The van der Waals surface area contributed by atoms with Crippen LogP contribution in [0.15, 0.2) is 59.7 Å². The lowest BCUT2D eigenvalue weighted by atomic mass is 10.2. The Kier molecular flexibility index (Phi) is 3.85. The average molecular weight is 351 g/mol. The van der Waals surface area contributed by atoms with E-state index in [1.54, 1.807) is 41.3 Å². The average Bonchev–Trinajstić information content (AvgIpc) is 3.15. The number of nitrogens with zero attached hydrogens (tertiary/aromatic N) is 3. The second-order valence-electron chi connectivity index (χ2n) is 5.63. The number of aromatic amines is 1. The van der Waals surface area contributed by atoms with E-state index in [0.717, 1.165) is 0 Å². The predicted octanol–water partition coefficient (Wildman–Crippen LogP) is 2.41. The number of halogens is 1. The topological polar surface area (TPSA) is 98.8 Å². The summed E-state index contributed by atoms with van der Waals surface area (Å²) in [6, 6.07) is 10.7. The van der Waals surface area contributed by atoms with Crippen molar-refractivity contribution in [1.82, 2.24) is 19.7 Å². The normalized spacial score (nSPS) is 11.0. The second kappa shape index (κ2) is 6.32. The van der Waals surface area contributed by atoms with Crippen LogP contribution in [0.2, 0.25) is 0 Å². The number of H-pyrrole nitrogens is 1. The van der Waals surface area contributed by atoms with E-state index in [1.807, 2.05) is 0 Å². The monoisotopic (exact) mass is 351 g/mol. The van der Waals surface area contributed by atoms with Crippen molar-refractivity contribution in [1.29, 1.82) is 0 Å². The molecular weight excluding hydrogens is 337 g/mol. The summed E-state index contributed by atoms with van der Waals surface area (Å²) in [5.41, 5.74) is 7.45. The number of hydrogen-bond acceptors (Lipinski definition) is 5. The van der Waals surface area contributed by atoms with Crippen LogP contribution in [0, 0.1) is 5.82 Å². The molecule has 0 spiro atoms. The Morgan fingerprint density at radius 2 is 2.12 bits per heavy atom. The lowest BCUT2D eigenvalue weighted by Gasteiger charge is -2.12. The number of anilines is 1. The van der Waals surface area contributed by atoms with Gasteiger partial charge in [-0.25, -0.2) is 14.1 Å². The van der Waals surface area contributed by atoms with Crippen molar-refractivity contribution >= 4 is 16.7 Å². The number of hydrogen-bond donors (Lipinski definition) is 2. The zero-order valence-corrected chi connectivity index (χ0v) is 13.5. The van der Waals surface area contributed by atoms with E-state index in [1.165, 1.54) is 18.2 Å². The minimum absolute atomic E-state index is 0.0397. The summed E-state index contributed by atoms with van der Waals surface area (Å²) in [6.07, 6.45) is 3.39. The highest BCUT2D eigenvalue weighted by molar-refractivity contribution is 5.82. The third kappa shape index (κ3) is 3.00. The Labute approximate surface area is 146 Å². The molecule has 3 N–H and O–H groups in total. The Morgan fingerprint density at radius 3 is 2.92 bits per heavy atom. The number of nitrogen functional groups attached to an aromatic ring is 1. The molecule has 0 bridgehead atoms. The van der Waals surface area contributed by atoms with Crippen LogP contribution in [0.4, 0.5) is 10.2 Å². The summed E-state index contributed by atoms with van der Waals surface area (Å²) in [5.74, 6) is 0.116. The van der Waals surface area contributed by atoms with Gasteiger partial charge in [-0.2, -0.15) is 5.10 Å². The molecule has 8 heteroatoms. The zero-order valence-electron chi connectivity index (χ0n) is 13.5. The summed E-state index contributed by atoms with van der Waals surface area (Å²) in [7, 11) is 0. The number of fused-ring (bicyclic) bond motifs is 1. The van der Waals surface area contributed by atoms with E-state index < -0.39 is 0 Å². The molecule has 4 rings (SSSR count). The smallest absolute Gasteiger partial charge is 0.248 e. The minimum atomic E-state index is -0.372.